The van der Waals surface area contributed by atoms with E-state index in [0.29, 0.717) is 11.6 Å². The smallest absolute Gasteiger partial charge is 0.288 e. The van der Waals surface area contributed by atoms with E-state index < -0.39 is 10.8 Å². The third-order valence-electron chi connectivity index (χ3n) is 2.77. The van der Waals surface area contributed by atoms with Crippen LogP contribution in [-0.2, 0) is 6.54 Å². The van der Waals surface area contributed by atoms with E-state index in [9.17, 15) is 14.9 Å². The second-order valence-corrected chi connectivity index (χ2v) is 4.77. The normalized spacial score (nSPS) is 10.4. The number of H-pyrrole nitrogens is 1. The van der Waals surface area contributed by atoms with Gasteiger partial charge in [0, 0.05) is 13.1 Å². The predicted molar refractivity (Wildman–Crippen MR) is 75.0 cm³/mol. The Bertz CT molecular complexity index is 700. The molecule has 1 amide bonds. The summed E-state index contributed by atoms with van der Waals surface area (Å²) in [6.45, 7) is 1.91. The van der Waals surface area contributed by atoms with Crippen LogP contribution in [0.2, 0.25) is 5.02 Å². The van der Waals surface area contributed by atoms with Crippen LogP contribution in [-0.4, -0.2) is 38.0 Å². The lowest BCUT2D eigenvalue weighted by Gasteiger charge is -2.15. The molecule has 1 aromatic heterocycles. The Kier molecular flexibility index (Phi) is 4.18. The van der Waals surface area contributed by atoms with Gasteiger partial charge in [-0.05, 0) is 13.0 Å². The van der Waals surface area contributed by atoms with Crippen molar-refractivity contribution in [2.75, 3.05) is 7.05 Å². The molecule has 0 radical (unpaired) electrons. The minimum Gasteiger partial charge on any atom is -0.334 e. The van der Waals surface area contributed by atoms with Crippen LogP contribution in [0, 0.1) is 17.0 Å². The van der Waals surface area contributed by atoms with Crippen molar-refractivity contribution >= 4 is 23.2 Å². The van der Waals surface area contributed by atoms with Crippen molar-refractivity contribution in [3.8, 4) is 0 Å². The maximum atomic E-state index is 12.3. The SMILES string of the molecule is Cc1nc(CN(C)C(=O)c2cccc([N+](=O)[O-])c2Cl)n[nH]1. The minimum absolute atomic E-state index is 0.0700. The molecule has 0 saturated carbocycles. The predicted octanol–water partition coefficient (Wildman–Crippen LogP) is 1.95. The number of nitrogens with zero attached hydrogens (tertiary/aromatic N) is 4. The molecule has 0 spiro atoms. The summed E-state index contributed by atoms with van der Waals surface area (Å²) in [5.41, 5.74) is -0.231. The van der Waals surface area contributed by atoms with Gasteiger partial charge in [0.2, 0.25) is 0 Å². The maximum Gasteiger partial charge on any atom is 0.288 e. The summed E-state index contributed by atoms with van der Waals surface area (Å²) < 4.78 is 0. The molecule has 0 fully saturated rings. The molecule has 9 heteroatoms. The number of aryl methyl sites for hydroxylation is 1. The van der Waals surface area contributed by atoms with Gasteiger partial charge in [-0.25, -0.2) is 4.98 Å². The summed E-state index contributed by atoms with van der Waals surface area (Å²) in [7, 11) is 1.54. The standard InChI is InChI=1S/C12H12ClN5O3/c1-7-14-10(16-15-7)6-17(2)12(19)8-4-3-5-9(11(8)13)18(20)21/h3-5H,6H2,1-2H3,(H,14,15,16). The molecule has 0 aliphatic rings. The average molecular weight is 310 g/mol. The van der Waals surface area contributed by atoms with Crippen LogP contribution in [0.1, 0.15) is 22.0 Å². The van der Waals surface area contributed by atoms with Crippen LogP contribution in [0.5, 0.6) is 0 Å². The number of aromatic nitrogens is 3. The highest BCUT2D eigenvalue weighted by Gasteiger charge is 2.22. The van der Waals surface area contributed by atoms with E-state index in [4.69, 9.17) is 11.6 Å². The van der Waals surface area contributed by atoms with Crippen molar-refractivity contribution in [3.05, 3.63) is 50.5 Å². The first-order valence-corrected chi connectivity index (χ1v) is 6.34. The summed E-state index contributed by atoms with van der Waals surface area (Å²) in [4.78, 5) is 27.9. The molecule has 8 nitrogen and oxygen atoms in total. The highest BCUT2D eigenvalue weighted by molar-refractivity contribution is 6.35. The zero-order chi connectivity index (χ0) is 15.6. The molecule has 110 valence electrons. The van der Waals surface area contributed by atoms with Gasteiger partial charge in [-0.15, -0.1) is 0 Å². The highest BCUT2D eigenvalue weighted by Crippen LogP contribution is 2.28. The van der Waals surface area contributed by atoms with Crippen LogP contribution in [0.4, 0.5) is 5.69 Å². The zero-order valence-electron chi connectivity index (χ0n) is 11.3. The van der Waals surface area contributed by atoms with Crippen LogP contribution in [0.25, 0.3) is 0 Å². The number of rotatable bonds is 4. The molecule has 0 atom stereocenters. The van der Waals surface area contributed by atoms with Crippen molar-refractivity contribution in [3.63, 3.8) is 0 Å². The maximum absolute atomic E-state index is 12.3. The number of carbonyl (C=O) groups excluding carboxylic acids is 1. The molecule has 1 aromatic carbocycles. The average Bonchev–Trinajstić information content (AvgIpc) is 2.83. The van der Waals surface area contributed by atoms with Crippen LogP contribution < -0.4 is 0 Å². The number of carbonyl (C=O) groups is 1. The van der Waals surface area contributed by atoms with E-state index in [2.05, 4.69) is 15.2 Å². The Morgan fingerprint density at radius 3 is 2.81 bits per heavy atom. The topological polar surface area (TPSA) is 105 Å². The second-order valence-electron chi connectivity index (χ2n) is 4.39. The summed E-state index contributed by atoms with van der Waals surface area (Å²) in [6, 6.07) is 4.11. The molecule has 1 N–H and O–H groups in total. The van der Waals surface area contributed by atoms with Crippen LogP contribution in [0.3, 0.4) is 0 Å². The molecule has 0 bridgehead atoms. The Balaban J connectivity index is 2.23. The first kappa shape index (κ1) is 14.9. The largest absolute Gasteiger partial charge is 0.334 e. The molecule has 2 rings (SSSR count). The van der Waals surface area contributed by atoms with E-state index in [1.165, 1.54) is 23.1 Å². The number of nitro benzene ring substituents is 1. The molecular formula is C12H12ClN5O3. The highest BCUT2D eigenvalue weighted by atomic mass is 35.5. The van der Waals surface area contributed by atoms with Gasteiger partial charge in [0.15, 0.2) is 5.82 Å². The lowest BCUT2D eigenvalue weighted by molar-refractivity contribution is -0.384. The first-order valence-electron chi connectivity index (χ1n) is 5.96. The van der Waals surface area contributed by atoms with Gasteiger partial charge in [0.05, 0.1) is 17.0 Å². The van der Waals surface area contributed by atoms with E-state index in [1.807, 2.05) is 0 Å². The molecule has 0 unspecified atom stereocenters. The fraction of sp³-hybridized carbons (Fsp3) is 0.250. The van der Waals surface area contributed by atoms with Crippen LogP contribution in [0.15, 0.2) is 18.2 Å². The van der Waals surface area contributed by atoms with Gasteiger partial charge in [-0.2, -0.15) is 5.10 Å². The zero-order valence-corrected chi connectivity index (χ0v) is 12.1. The third-order valence-corrected chi connectivity index (χ3v) is 3.17. The second kappa shape index (κ2) is 5.88. The quantitative estimate of drug-likeness (QED) is 0.686. The van der Waals surface area contributed by atoms with Gasteiger partial charge < -0.3 is 4.90 Å². The molecule has 21 heavy (non-hydrogen) atoms. The van der Waals surface area contributed by atoms with Crippen molar-refractivity contribution in [1.82, 2.24) is 20.1 Å². The van der Waals surface area contributed by atoms with Crippen molar-refractivity contribution in [2.24, 2.45) is 0 Å². The fourth-order valence-electron chi connectivity index (χ4n) is 1.78. The summed E-state index contributed by atoms with van der Waals surface area (Å²) in [5, 5.41) is 17.3. The van der Waals surface area contributed by atoms with E-state index >= 15 is 0 Å². The molecule has 0 saturated heterocycles. The summed E-state index contributed by atoms with van der Waals surface area (Å²) in [5.74, 6) is 0.648. The fourth-order valence-corrected chi connectivity index (χ4v) is 2.05. The molecule has 2 aromatic rings. The van der Waals surface area contributed by atoms with E-state index in [-0.39, 0.29) is 22.8 Å². The Morgan fingerprint density at radius 1 is 1.52 bits per heavy atom. The van der Waals surface area contributed by atoms with Gasteiger partial charge in [-0.3, -0.25) is 20.0 Å². The van der Waals surface area contributed by atoms with E-state index in [0.717, 1.165) is 0 Å². The number of amides is 1. The number of hydrogen-bond donors (Lipinski definition) is 1. The molecule has 1 heterocycles. The number of halogens is 1. The lowest BCUT2D eigenvalue weighted by Crippen LogP contribution is -2.27. The van der Waals surface area contributed by atoms with Crippen molar-refractivity contribution < 1.29 is 9.72 Å². The summed E-state index contributed by atoms with van der Waals surface area (Å²) in [6.07, 6.45) is 0. The molecule has 0 aliphatic carbocycles. The van der Waals surface area contributed by atoms with E-state index in [1.54, 1.807) is 14.0 Å². The summed E-state index contributed by atoms with van der Waals surface area (Å²) >= 11 is 5.92. The number of hydrogen-bond acceptors (Lipinski definition) is 5. The van der Waals surface area contributed by atoms with Gasteiger partial charge in [0.1, 0.15) is 10.8 Å². The Hall–Kier alpha value is -2.48. The van der Waals surface area contributed by atoms with Crippen molar-refractivity contribution in [1.29, 1.82) is 0 Å². The Morgan fingerprint density at radius 2 is 2.24 bits per heavy atom. The first-order chi connectivity index (χ1) is 9.90. The number of nitrogens with one attached hydrogen (secondary N) is 1. The number of benzene rings is 1. The third kappa shape index (κ3) is 3.16. The lowest BCUT2D eigenvalue weighted by atomic mass is 10.1. The van der Waals surface area contributed by atoms with Crippen molar-refractivity contribution in [2.45, 2.75) is 13.5 Å². The van der Waals surface area contributed by atoms with Gasteiger partial charge in [0.25, 0.3) is 11.6 Å². The molecular weight excluding hydrogens is 298 g/mol. The minimum atomic E-state index is -0.627. The number of aromatic amines is 1. The monoisotopic (exact) mass is 309 g/mol. The van der Waals surface area contributed by atoms with Crippen LogP contribution >= 0.6 is 11.6 Å². The Labute approximate surface area is 124 Å². The molecule has 0 aliphatic heterocycles. The van der Waals surface area contributed by atoms with Gasteiger partial charge >= 0.3 is 0 Å². The van der Waals surface area contributed by atoms with Gasteiger partial charge in [-0.1, -0.05) is 17.7 Å². The number of nitro groups is 1.